The molecule has 36 heavy (non-hydrogen) atoms. The number of hydrogen-bond donors (Lipinski definition) is 2. The van der Waals surface area contributed by atoms with E-state index >= 15 is 0 Å². The number of alkyl halides is 3. The summed E-state index contributed by atoms with van der Waals surface area (Å²) >= 11 is 1.37. The number of halogens is 3. The maximum Gasteiger partial charge on any atom is 0.416 e. The number of thioether (sulfide) groups is 1. The minimum absolute atomic E-state index is 0.00648. The lowest BCUT2D eigenvalue weighted by Gasteiger charge is -2.31. The van der Waals surface area contributed by atoms with Gasteiger partial charge in [0.15, 0.2) is 0 Å². The molecule has 2 aliphatic rings. The molecule has 4 unspecified atom stereocenters. The Morgan fingerprint density at radius 2 is 1.86 bits per heavy atom. The van der Waals surface area contributed by atoms with E-state index in [9.17, 15) is 32.7 Å². The minimum atomic E-state index is -4.62. The number of carbonyl (C=O) groups is 3. The third-order valence-electron chi connectivity index (χ3n) is 6.73. The summed E-state index contributed by atoms with van der Waals surface area (Å²) in [4.78, 5) is 40.5. The molecule has 2 fully saturated rings. The number of carboxylic acids is 1. The van der Waals surface area contributed by atoms with Crippen molar-refractivity contribution in [2.45, 2.75) is 24.2 Å². The lowest BCUT2D eigenvalue weighted by Crippen LogP contribution is -2.56. The monoisotopic (exact) mass is 522 g/mol. The molecule has 0 saturated carbocycles. The van der Waals surface area contributed by atoms with Gasteiger partial charge in [0.1, 0.15) is 17.9 Å². The number of aliphatic carboxylic acids is 1. The molecular weight excluding hydrogens is 497 g/mol. The summed E-state index contributed by atoms with van der Waals surface area (Å²) in [5, 5.41) is 13.2. The molecule has 4 rings (SSSR count). The average molecular weight is 523 g/mol. The van der Waals surface area contributed by atoms with Gasteiger partial charge in [-0.05, 0) is 48.3 Å². The van der Waals surface area contributed by atoms with Crippen molar-refractivity contribution in [1.29, 1.82) is 0 Å². The van der Waals surface area contributed by atoms with Gasteiger partial charge in [-0.1, -0.05) is 30.3 Å². The average Bonchev–Trinajstić information content (AvgIpc) is 3.33. The molecule has 2 heterocycles. The zero-order valence-electron chi connectivity index (χ0n) is 19.3. The van der Waals surface area contributed by atoms with Crippen LogP contribution in [-0.4, -0.2) is 58.5 Å². The molecule has 2 N–H and O–H groups in total. The molecule has 2 saturated heterocycles. The molecule has 2 aromatic carbocycles. The van der Waals surface area contributed by atoms with E-state index < -0.39 is 52.9 Å². The fraction of sp³-hybridized carbons (Fsp3) is 0.400. The summed E-state index contributed by atoms with van der Waals surface area (Å²) in [5.74, 6) is -4.10. The number of benzene rings is 2. The fourth-order valence-electron chi connectivity index (χ4n) is 5.05. The van der Waals surface area contributed by atoms with Gasteiger partial charge in [-0.3, -0.25) is 24.6 Å². The number of rotatable bonds is 9. The molecule has 0 aromatic heterocycles. The lowest BCUT2D eigenvalue weighted by molar-refractivity contribution is -0.151. The Labute approximate surface area is 210 Å². The largest absolute Gasteiger partial charge is 0.492 e. The molecular formula is C25H25F3N2O5S. The second kappa shape index (κ2) is 10.1. The van der Waals surface area contributed by atoms with Crippen molar-refractivity contribution in [1.82, 2.24) is 10.2 Å². The first kappa shape index (κ1) is 26.0. The van der Waals surface area contributed by atoms with Crippen molar-refractivity contribution in [2.75, 3.05) is 25.2 Å². The van der Waals surface area contributed by atoms with Gasteiger partial charge in [0, 0.05) is 6.04 Å². The van der Waals surface area contributed by atoms with Gasteiger partial charge in [0.05, 0.1) is 23.9 Å². The van der Waals surface area contributed by atoms with Gasteiger partial charge in [0.25, 0.3) is 0 Å². The van der Waals surface area contributed by atoms with Gasteiger partial charge in [-0.25, -0.2) is 0 Å². The van der Waals surface area contributed by atoms with Gasteiger partial charge >= 0.3 is 12.1 Å². The zero-order valence-corrected chi connectivity index (χ0v) is 20.1. The van der Waals surface area contributed by atoms with Crippen LogP contribution in [0.5, 0.6) is 5.75 Å². The summed E-state index contributed by atoms with van der Waals surface area (Å²) in [6.45, 7) is -0.111. The van der Waals surface area contributed by atoms with Crippen molar-refractivity contribution < 1.29 is 37.4 Å². The van der Waals surface area contributed by atoms with E-state index in [2.05, 4.69) is 5.32 Å². The van der Waals surface area contributed by atoms with Crippen LogP contribution in [0.1, 0.15) is 23.6 Å². The Balaban J connectivity index is 1.68. The van der Waals surface area contributed by atoms with Crippen LogP contribution in [0.3, 0.4) is 0 Å². The Morgan fingerprint density at radius 1 is 1.14 bits per heavy atom. The predicted octanol–water partition coefficient (Wildman–Crippen LogP) is 3.61. The SMILES string of the molecule is CSCCC1(C(=O)O)NC(c2cccc(C(F)(F)F)c2)C2C(=O)N(CCOc3ccccc3)C(=O)C21. The maximum absolute atomic E-state index is 13.5. The first-order valence-electron chi connectivity index (χ1n) is 11.3. The van der Waals surface area contributed by atoms with E-state index in [0.29, 0.717) is 11.5 Å². The number of nitrogens with one attached hydrogen (secondary N) is 1. The highest BCUT2D eigenvalue weighted by Gasteiger charge is 2.68. The number of para-hydroxylation sites is 1. The molecule has 2 aliphatic heterocycles. The normalized spacial score (nSPS) is 25.8. The van der Waals surface area contributed by atoms with Crippen LogP contribution in [0.2, 0.25) is 0 Å². The van der Waals surface area contributed by atoms with Crippen LogP contribution in [0.25, 0.3) is 0 Å². The smallest absolute Gasteiger partial charge is 0.416 e. The number of imide groups is 1. The second-order valence-corrected chi connectivity index (χ2v) is 9.74. The van der Waals surface area contributed by atoms with Gasteiger partial charge in [0.2, 0.25) is 11.8 Å². The number of nitrogens with zero attached hydrogens (tertiary/aromatic N) is 1. The molecule has 0 bridgehead atoms. The summed E-state index contributed by atoms with van der Waals surface area (Å²) in [6, 6.07) is 12.1. The first-order valence-corrected chi connectivity index (χ1v) is 12.7. The summed E-state index contributed by atoms with van der Waals surface area (Å²) < 4.78 is 45.8. The standard InChI is InChI=1S/C25H25F3N2O5S/c1-36-13-10-24(23(33)34)19-18(20(29-24)15-6-5-7-16(14-15)25(26,27)28)21(31)30(22(19)32)11-12-35-17-8-3-2-4-9-17/h2-9,14,18-20,29H,10-13H2,1H3,(H,33,34). The van der Waals surface area contributed by atoms with Crippen molar-refractivity contribution >= 4 is 29.5 Å². The maximum atomic E-state index is 13.5. The molecule has 2 aromatic rings. The van der Waals surface area contributed by atoms with E-state index in [1.807, 2.05) is 6.07 Å². The van der Waals surface area contributed by atoms with Gasteiger partial charge < -0.3 is 9.84 Å². The Morgan fingerprint density at radius 3 is 2.50 bits per heavy atom. The van der Waals surface area contributed by atoms with E-state index in [-0.39, 0.29) is 25.1 Å². The molecule has 2 amide bonds. The van der Waals surface area contributed by atoms with Crippen LogP contribution in [-0.2, 0) is 20.6 Å². The van der Waals surface area contributed by atoms with Crippen molar-refractivity contribution in [3.63, 3.8) is 0 Å². The third-order valence-corrected chi connectivity index (χ3v) is 7.34. The van der Waals surface area contributed by atoms with E-state index in [4.69, 9.17) is 4.74 Å². The van der Waals surface area contributed by atoms with Crippen LogP contribution >= 0.6 is 11.8 Å². The molecule has 0 aliphatic carbocycles. The highest BCUT2D eigenvalue weighted by Crippen LogP contribution is 2.50. The first-order chi connectivity index (χ1) is 17.1. The van der Waals surface area contributed by atoms with Crippen LogP contribution in [0.4, 0.5) is 13.2 Å². The van der Waals surface area contributed by atoms with Gasteiger partial charge in [-0.15, -0.1) is 0 Å². The van der Waals surface area contributed by atoms with E-state index in [1.165, 1.54) is 23.9 Å². The third kappa shape index (κ3) is 4.69. The summed E-state index contributed by atoms with van der Waals surface area (Å²) in [6.07, 6.45) is -2.82. The Kier molecular flexibility index (Phi) is 7.33. The predicted molar refractivity (Wildman–Crippen MR) is 126 cm³/mol. The molecule has 7 nitrogen and oxygen atoms in total. The van der Waals surface area contributed by atoms with E-state index in [0.717, 1.165) is 17.0 Å². The van der Waals surface area contributed by atoms with Crippen LogP contribution < -0.4 is 10.1 Å². The number of ether oxygens (including phenoxy) is 1. The number of amides is 2. The summed E-state index contributed by atoms with van der Waals surface area (Å²) in [7, 11) is 0. The van der Waals surface area contributed by atoms with Crippen LogP contribution in [0.15, 0.2) is 54.6 Å². The number of likely N-dealkylation sites (tertiary alicyclic amines) is 1. The lowest BCUT2D eigenvalue weighted by atomic mass is 9.78. The Bertz CT molecular complexity index is 1150. The molecule has 4 atom stereocenters. The highest BCUT2D eigenvalue weighted by molar-refractivity contribution is 7.98. The highest BCUT2D eigenvalue weighted by atomic mass is 32.2. The van der Waals surface area contributed by atoms with E-state index in [1.54, 1.807) is 30.5 Å². The number of hydrogen-bond acceptors (Lipinski definition) is 6. The molecule has 0 radical (unpaired) electrons. The minimum Gasteiger partial charge on any atom is -0.492 e. The fourth-order valence-corrected chi connectivity index (χ4v) is 5.57. The topological polar surface area (TPSA) is 95.9 Å². The zero-order chi connectivity index (χ0) is 26.1. The van der Waals surface area contributed by atoms with Gasteiger partial charge in [-0.2, -0.15) is 24.9 Å². The molecule has 0 spiro atoms. The number of carboxylic acid groups (broad SMARTS) is 1. The van der Waals surface area contributed by atoms with Crippen LogP contribution in [0, 0.1) is 11.8 Å². The van der Waals surface area contributed by atoms with Crippen molar-refractivity contribution in [2.24, 2.45) is 11.8 Å². The number of fused-ring (bicyclic) bond motifs is 1. The van der Waals surface area contributed by atoms with Crippen molar-refractivity contribution in [3.8, 4) is 5.75 Å². The quantitative estimate of drug-likeness (QED) is 0.486. The Hall–Kier alpha value is -3.05. The second-order valence-electron chi connectivity index (χ2n) is 8.76. The molecule has 11 heteroatoms. The summed E-state index contributed by atoms with van der Waals surface area (Å²) in [5.41, 5.74) is -2.61. The number of carbonyl (C=O) groups excluding carboxylic acids is 2. The van der Waals surface area contributed by atoms with Crippen molar-refractivity contribution in [3.05, 3.63) is 65.7 Å². The molecule has 192 valence electrons.